The van der Waals surface area contributed by atoms with Crippen LogP contribution in [-0.4, -0.2) is 9.97 Å². The van der Waals surface area contributed by atoms with Crippen LogP contribution in [0, 0.1) is 0 Å². The summed E-state index contributed by atoms with van der Waals surface area (Å²) < 4.78 is 0. The molecule has 0 unspecified atom stereocenters. The van der Waals surface area contributed by atoms with E-state index in [1.165, 1.54) is 0 Å². The molecule has 1 heterocycles. The van der Waals surface area contributed by atoms with Gasteiger partial charge in [0, 0.05) is 12.4 Å². The molecule has 6 heavy (non-hydrogen) atoms. The van der Waals surface area contributed by atoms with Crippen molar-refractivity contribution >= 4 is 0 Å². The number of H-pyrrole nitrogens is 1. The number of nitrogens with zero attached hydrogens (tertiary/aromatic N) is 1. The van der Waals surface area contributed by atoms with Crippen LogP contribution in [0.15, 0.2) is 18.7 Å². The zero-order valence-electron chi connectivity index (χ0n) is 2.98. The van der Waals surface area contributed by atoms with Crippen LogP contribution in [0.4, 0.5) is 0 Å². The smallest absolute Gasteiger partial charge is 0.351 e. The van der Waals surface area contributed by atoms with Crippen LogP contribution in [-0.2, 0) is 22.4 Å². The summed E-state index contributed by atoms with van der Waals surface area (Å²) in [4.78, 5) is 6.42. The number of rotatable bonds is 0. The largest absolute Gasteiger partial charge is 1.00 e. The van der Waals surface area contributed by atoms with Crippen LogP contribution in [0.3, 0.4) is 0 Å². The maximum atomic E-state index is 3.67. The maximum absolute atomic E-state index is 3.67. The zero-order chi connectivity index (χ0) is 3.54. The van der Waals surface area contributed by atoms with Gasteiger partial charge in [-0.15, -0.1) is 0 Å². The van der Waals surface area contributed by atoms with Gasteiger partial charge in [-0.05, 0) is 0 Å². The third-order valence-corrected chi connectivity index (χ3v) is 0.406. The minimum atomic E-state index is 0. The van der Waals surface area contributed by atoms with Crippen LogP contribution >= 0.6 is 0 Å². The number of aromatic nitrogens is 2. The van der Waals surface area contributed by atoms with E-state index >= 15 is 0 Å². The molecule has 0 bridgehead atoms. The first-order valence-corrected chi connectivity index (χ1v) is 1.43. The second-order valence-electron chi connectivity index (χ2n) is 0.761. The maximum Gasteiger partial charge on any atom is 1.00 e. The molecule has 0 aliphatic heterocycles. The average Bonchev–Trinajstić information content (AvgIpc) is 1.76. The van der Waals surface area contributed by atoms with Crippen molar-refractivity contribution in [2.24, 2.45) is 0 Å². The van der Waals surface area contributed by atoms with Gasteiger partial charge in [-0.25, -0.2) is 4.98 Å². The molecular formula is C3H4AgN2+. The summed E-state index contributed by atoms with van der Waals surface area (Å²) in [7, 11) is 0. The minimum absolute atomic E-state index is 0. The Labute approximate surface area is 51.5 Å². The van der Waals surface area contributed by atoms with Gasteiger partial charge in [0.2, 0.25) is 0 Å². The van der Waals surface area contributed by atoms with Crippen molar-refractivity contribution < 1.29 is 22.4 Å². The van der Waals surface area contributed by atoms with Gasteiger partial charge >= 0.3 is 22.4 Å². The number of imidazole rings is 1. The second kappa shape index (κ2) is 3.15. The number of nitrogens with one attached hydrogen (secondary N) is 1. The van der Waals surface area contributed by atoms with E-state index in [0.29, 0.717) is 0 Å². The molecule has 0 amide bonds. The molecule has 0 radical (unpaired) electrons. The summed E-state index contributed by atoms with van der Waals surface area (Å²) in [5.74, 6) is 0. The second-order valence-corrected chi connectivity index (χ2v) is 0.761. The molecule has 1 N–H and O–H groups in total. The van der Waals surface area contributed by atoms with E-state index in [4.69, 9.17) is 0 Å². The summed E-state index contributed by atoms with van der Waals surface area (Å²) in [6.45, 7) is 0. The van der Waals surface area contributed by atoms with Crippen LogP contribution in [0.25, 0.3) is 0 Å². The summed E-state index contributed by atoms with van der Waals surface area (Å²) >= 11 is 0. The number of hydrogen-bond donors (Lipinski definition) is 1. The first-order chi connectivity index (χ1) is 2.50. The third-order valence-electron chi connectivity index (χ3n) is 0.406. The van der Waals surface area contributed by atoms with Gasteiger partial charge in [0.15, 0.2) is 0 Å². The van der Waals surface area contributed by atoms with Crippen molar-refractivity contribution in [1.29, 1.82) is 0 Å². The Kier molecular flexibility index (Phi) is 3.13. The van der Waals surface area contributed by atoms with Crippen molar-refractivity contribution in [2.75, 3.05) is 0 Å². The first kappa shape index (κ1) is 5.95. The summed E-state index contributed by atoms with van der Waals surface area (Å²) in [6.07, 6.45) is 5.08. The summed E-state index contributed by atoms with van der Waals surface area (Å²) in [5, 5.41) is 0. The average molecular weight is 176 g/mol. The van der Waals surface area contributed by atoms with Crippen LogP contribution < -0.4 is 0 Å². The fourth-order valence-electron chi connectivity index (χ4n) is 0.215. The van der Waals surface area contributed by atoms with Crippen molar-refractivity contribution in [2.45, 2.75) is 0 Å². The molecule has 0 fully saturated rings. The van der Waals surface area contributed by atoms with Gasteiger partial charge in [-0.2, -0.15) is 0 Å². The molecule has 1 rings (SSSR count). The fourth-order valence-corrected chi connectivity index (χ4v) is 0.215. The van der Waals surface area contributed by atoms with E-state index in [9.17, 15) is 0 Å². The van der Waals surface area contributed by atoms with Gasteiger partial charge in [0.05, 0.1) is 6.33 Å². The SMILES string of the molecule is [Ag+].c1c[nH]cn1. The number of hydrogen-bond acceptors (Lipinski definition) is 1. The van der Waals surface area contributed by atoms with Crippen molar-refractivity contribution in [3.8, 4) is 0 Å². The van der Waals surface area contributed by atoms with Gasteiger partial charge in [-0.3, -0.25) is 0 Å². The molecule has 3 heteroatoms. The minimum Gasteiger partial charge on any atom is -0.351 e. The monoisotopic (exact) mass is 175 g/mol. The molecule has 0 saturated heterocycles. The molecule has 0 aromatic carbocycles. The summed E-state index contributed by atoms with van der Waals surface area (Å²) in [5.41, 5.74) is 0. The zero-order valence-corrected chi connectivity index (χ0v) is 4.46. The van der Waals surface area contributed by atoms with E-state index in [1.807, 2.05) is 0 Å². The predicted molar refractivity (Wildman–Crippen MR) is 18.6 cm³/mol. The Morgan fingerprint density at radius 3 is 2.50 bits per heavy atom. The van der Waals surface area contributed by atoms with E-state index in [1.54, 1.807) is 18.7 Å². The third kappa shape index (κ3) is 1.40. The molecule has 0 saturated carbocycles. The quantitative estimate of drug-likeness (QED) is 0.569. The van der Waals surface area contributed by atoms with Gasteiger partial charge < -0.3 is 4.98 Å². The van der Waals surface area contributed by atoms with Crippen molar-refractivity contribution in [3.05, 3.63) is 18.7 Å². The Hall–Kier alpha value is -0.0497. The molecule has 0 aliphatic carbocycles. The van der Waals surface area contributed by atoms with E-state index in [2.05, 4.69) is 9.97 Å². The normalized spacial score (nSPS) is 6.67. The Balaban J connectivity index is 0.000000250. The van der Waals surface area contributed by atoms with E-state index < -0.39 is 0 Å². The molecule has 1 aromatic rings. The molecule has 0 atom stereocenters. The van der Waals surface area contributed by atoms with Crippen LogP contribution in [0.2, 0.25) is 0 Å². The molecule has 0 spiro atoms. The van der Waals surface area contributed by atoms with E-state index in [-0.39, 0.29) is 22.4 Å². The number of aromatic amines is 1. The topological polar surface area (TPSA) is 28.7 Å². The predicted octanol–water partition coefficient (Wildman–Crippen LogP) is 0.407. The van der Waals surface area contributed by atoms with Gasteiger partial charge in [0.25, 0.3) is 0 Å². The summed E-state index contributed by atoms with van der Waals surface area (Å²) in [6, 6.07) is 0. The molecule has 0 aliphatic rings. The molecule has 1 aromatic heterocycles. The fraction of sp³-hybridized carbons (Fsp3) is 0. The molecule has 2 nitrogen and oxygen atoms in total. The van der Waals surface area contributed by atoms with Crippen LogP contribution in [0.5, 0.6) is 0 Å². The van der Waals surface area contributed by atoms with Crippen LogP contribution in [0.1, 0.15) is 0 Å². The van der Waals surface area contributed by atoms with E-state index in [0.717, 1.165) is 0 Å². The van der Waals surface area contributed by atoms with Gasteiger partial charge in [-0.1, -0.05) is 0 Å². The Bertz CT molecular complexity index is 65.3. The Morgan fingerprint density at radius 2 is 2.33 bits per heavy atom. The first-order valence-electron chi connectivity index (χ1n) is 1.43. The van der Waals surface area contributed by atoms with Crippen molar-refractivity contribution in [1.82, 2.24) is 9.97 Å². The Morgan fingerprint density at radius 1 is 1.50 bits per heavy atom. The molecule has 36 valence electrons. The molecular weight excluding hydrogens is 172 g/mol. The van der Waals surface area contributed by atoms with Gasteiger partial charge in [0.1, 0.15) is 0 Å². The van der Waals surface area contributed by atoms with Crippen molar-refractivity contribution in [3.63, 3.8) is 0 Å². The standard InChI is InChI=1S/C3H4N2.Ag/c1-2-5-3-4-1;/h1-3H,(H,4,5);/q;+1.